The number of nitrogens with zero attached hydrogens (tertiary/aromatic N) is 2. The molecule has 4 nitrogen and oxygen atoms in total. The minimum atomic E-state index is -0.383. The maximum absolute atomic E-state index is 12.4. The van der Waals surface area contributed by atoms with Crippen molar-refractivity contribution in [1.29, 1.82) is 0 Å². The fourth-order valence-electron chi connectivity index (χ4n) is 2.55. The number of hydrogen-bond acceptors (Lipinski definition) is 2. The molecule has 1 aliphatic heterocycles. The number of hydrogen-bond donors (Lipinski definition) is 0. The van der Waals surface area contributed by atoms with Crippen molar-refractivity contribution in [2.24, 2.45) is 0 Å². The smallest absolute Gasteiger partial charge is 0.249 e. The Hall–Kier alpha value is -1.84. The van der Waals surface area contributed by atoms with Gasteiger partial charge in [-0.25, -0.2) is 0 Å². The van der Waals surface area contributed by atoms with Gasteiger partial charge in [-0.3, -0.25) is 9.59 Å². The van der Waals surface area contributed by atoms with Crippen molar-refractivity contribution in [3.8, 4) is 0 Å². The lowest BCUT2D eigenvalue weighted by atomic mass is 10.1. The normalized spacial score (nSPS) is 19.8. The van der Waals surface area contributed by atoms with Crippen molar-refractivity contribution >= 4 is 17.5 Å². The SMILES string of the molecule is CC(=O)N1CCN(c2cc(C)ccc2C)C(=O)C1C. The van der Waals surface area contributed by atoms with Crippen molar-refractivity contribution in [2.75, 3.05) is 18.0 Å². The van der Waals surface area contributed by atoms with Crippen molar-refractivity contribution in [3.05, 3.63) is 29.3 Å². The Morgan fingerprint density at radius 1 is 1.26 bits per heavy atom. The molecule has 1 aromatic rings. The molecule has 1 atom stereocenters. The van der Waals surface area contributed by atoms with Crippen LogP contribution in [0, 0.1) is 13.8 Å². The van der Waals surface area contributed by atoms with Gasteiger partial charge in [0.1, 0.15) is 6.04 Å². The zero-order chi connectivity index (χ0) is 14.2. The van der Waals surface area contributed by atoms with Gasteiger partial charge in [0.15, 0.2) is 0 Å². The van der Waals surface area contributed by atoms with Crippen LogP contribution in [0.1, 0.15) is 25.0 Å². The van der Waals surface area contributed by atoms with Gasteiger partial charge in [0.2, 0.25) is 11.8 Å². The largest absolute Gasteiger partial charge is 0.329 e. The van der Waals surface area contributed by atoms with E-state index in [4.69, 9.17) is 0 Å². The Balaban J connectivity index is 2.30. The highest BCUT2D eigenvalue weighted by Crippen LogP contribution is 2.25. The molecule has 0 N–H and O–H groups in total. The number of aryl methyl sites for hydroxylation is 2. The predicted molar refractivity (Wildman–Crippen MR) is 75.1 cm³/mol. The molecule has 0 radical (unpaired) electrons. The van der Waals surface area contributed by atoms with Crippen LogP contribution in [-0.2, 0) is 9.59 Å². The molecule has 1 fully saturated rings. The first-order valence-electron chi connectivity index (χ1n) is 6.57. The summed E-state index contributed by atoms with van der Waals surface area (Å²) < 4.78 is 0. The Kier molecular flexibility index (Phi) is 3.60. The first kappa shape index (κ1) is 13.6. The molecule has 0 aromatic heterocycles. The molecule has 0 saturated carbocycles. The number of carbonyl (C=O) groups is 2. The first-order valence-corrected chi connectivity index (χ1v) is 6.57. The number of benzene rings is 1. The minimum Gasteiger partial charge on any atom is -0.329 e. The van der Waals surface area contributed by atoms with E-state index in [1.807, 2.05) is 32.0 Å². The van der Waals surface area contributed by atoms with Gasteiger partial charge in [-0.05, 0) is 38.0 Å². The summed E-state index contributed by atoms with van der Waals surface area (Å²) in [4.78, 5) is 27.3. The third-order valence-corrected chi connectivity index (χ3v) is 3.72. The highest BCUT2D eigenvalue weighted by Gasteiger charge is 2.33. The summed E-state index contributed by atoms with van der Waals surface area (Å²) >= 11 is 0. The maximum Gasteiger partial charge on any atom is 0.249 e. The monoisotopic (exact) mass is 260 g/mol. The van der Waals surface area contributed by atoms with Crippen molar-refractivity contribution in [2.45, 2.75) is 33.7 Å². The zero-order valence-corrected chi connectivity index (χ0v) is 11.9. The summed E-state index contributed by atoms with van der Waals surface area (Å²) in [6.45, 7) is 8.48. The maximum atomic E-state index is 12.4. The molecule has 0 bridgehead atoms. The highest BCUT2D eigenvalue weighted by atomic mass is 16.2. The van der Waals surface area contributed by atoms with Crippen molar-refractivity contribution < 1.29 is 9.59 Å². The second kappa shape index (κ2) is 5.03. The molecule has 0 spiro atoms. The van der Waals surface area contributed by atoms with E-state index < -0.39 is 0 Å². The van der Waals surface area contributed by atoms with Crippen LogP contribution < -0.4 is 4.90 Å². The first-order chi connectivity index (χ1) is 8.91. The lowest BCUT2D eigenvalue weighted by Gasteiger charge is -2.39. The molecule has 2 rings (SSSR count). The molecule has 1 heterocycles. The standard InChI is InChI=1S/C15H20N2O2/c1-10-5-6-11(2)14(9-10)17-8-7-16(13(4)18)12(3)15(17)19/h5-6,9,12H,7-8H2,1-4H3. The van der Waals surface area contributed by atoms with Crippen LogP contribution in [0.5, 0.6) is 0 Å². The number of piperazine rings is 1. The van der Waals surface area contributed by atoms with Crippen LogP contribution in [0.25, 0.3) is 0 Å². The molecule has 19 heavy (non-hydrogen) atoms. The van der Waals surface area contributed by atoms with Crippen LogP contribution in [-0.4, -0.2) is 35.8 Å². The number of amides is 2. The molecular weight excluding hydrogens is 240 g/mol. The van der Waals surface area contributed by atoms with Gasteiger partial charge < -0.3 is 9.80 Å². The summed E-state index contributed by atoms with van der Waals surface area (Å²) in [5, 5.41) is 0. The summed E-state index contributed by atoms with van der Waals surface area (Å²) in [6, 6.07) is 5.72. The molecule has 4 heteroatoms. The molecular formula is C15H20N2O2. The number of anilines is 1. The van der Waals surface area contributed by atoms with E-state index in [1.165, 1.54) is 6.92 Å². The minimum absolute atomic E-state index is 0.00449. The fourth-order valence-corrected chi connectivity index (χ4v) is 2.55. The molecule has 0 aliphatic carbocycles. The van der Waals surface area contributed by atoms with E-state index in [0.717, 1.165) is 16.8 Å². The van der Waals surface area contributed by atoms with Crippen LogP contribution in [0.2, 0.25) is 0 Å². The summed E-state index contributed by atoms with van der Waals surface area (Å²) in [7, 11) is 0. The Morgan fingerprint density at radius 2 is 1.95 bits per heavy atom. The molecule has 102 valence electrons. The predicted octanol–water partition coefficient (Wildman–Crippen LogP) is 1.89. The summed E-state index contributed by atoms with van der Waals surface area (Å²) in [6.07, 6.45) is 0. The van der Waals surface area contributed by atoms with E-state index in [-0.39, 0.29) is 17.9 Å². The Labute approximate surface area is 114 Å². The zero-order valence-electron chi connectivity index (χ0n) is 11.9. The van der Waals surface area contributed by atoms with E-state index in [2.05, 4.69) is 0 Å². The van der Waals surface area contributed by atoms with Gasteiger partial charge in [-0.15, -0.1) is 0 Å². The lowest BCUT2D eigenvalue weighted by molar-refractivity contribution is -0.139. The summed E-state index contributed by atoms with van der Waals surface area (Å²) in [5.74, 6) is -0.0448. The van der Waals surface area contributed by atoms with E-state index in [1.54, 1.807) is 16.7 Å². The van der Waals surface area contributed by atoms with Crippen LogP contribution in [0.4, 0.5) is 5.69 Å². The van der Waals surface area contributed by atoms with Gasteiger partial charge in [-0.2, -0.15) is 0 Å². The topological polar surface area (TPSA) is 40.6 Å². The summed E-state index contributed by atoms with van der Waals surface area (Å²) in [5.41, 5.74) is 3.18. The van der Waals surface area contributed by atoms with Crippen LogP contribution in [0.15, 0.2) is 18.2 Å². The molecule has 1 saturated heterocycles. The second-order valence-electron chi connectivity index (χ2n) is 5.17. The molecule has 1 aromatic carbocycles. The number of rotatable bonds is 1. The van der Waals surface area contributed by atoms with Gasteiger partial charge >= 0.3 is 0 Å². The third kappa shape index (κ3) is 2.48. The van der Waals surface area contributed by atoms with E-state index in [9.17, 15) is 9.59 Å². The van der Waals surface area contributed by atoms with Gasteiger partial charge in [-0.1, -0.05) is 12.1 Å². The van der Waals surface area contributed by atoms with Gasteiger partial charge in [0, 0.05) is 25.7 Å². The third-order valence-electron chi connectivity index (χ3n) is 3.72. The Morgan fingerprint density at radius 3 is 2.58 bits per heavy atom. The van der Waals surface area contributed by atoms with Gasteiger partial charge in [0.25, 0.3) is 0 Å². The molecule has 2 amide bonds. The fraction of sp³-hybridized carbons (Fsp3) is 0.467. The van der Waals surface area contributed by atoms with Crippen molar-refractivity contribution in [1.82, 2.24) is 4.90 Å². The quantitative estimate of drug-likeness (QED) is 0.773. The van der Waals surface area contributed by atoms with Crippen LogP contribution in [0.3, 0.4) is 0 Å². The lowest BCUT2D eigenvalue weighted by Crippen LogP contribution is -2.57. The van der Waals surface area contributed by atoms with E-state index >= 15 is 0 Å². The van der Waals surface area contributed by atoms with Gasteiger partial charge in [0.05, 0.1) is 0 Å². The average molecular weight is 260 g/mol. The molecule has 1 unspecified atom stereocenters. The van der Waals surface area contributed by atoms with Crippen LogP contribution >= 0.6 is 0 Å². The second-order valence-corrected chi connectivity index (χ2v) is 5.17. The average Bonchev–Trinajstić information content (AvgIpc) is 2.35. The Bertz CT molecular complexity index is 525. The van der Waals surface area contributed by atoms with E-state index in [0.29, 0.717) is 13.1 Å². The molecule has 1 aliphatic rings. The highest BCUT2D eigenvalue weighted by molar-refractivity contribution is 6.00. The number of carbonyl (C=O) groups excluding carboxylic acids is 2. The van der Waals surface area contributed by atoms with Crippen molar-refractivity contribution in [3.63, 3.8) is 0 Å².